The van der Waals surface area contributed by atoms with E-state index in [0.29, 0.717) is 0 Å². The molecule has 0 bridgehead atoms. The van der Waals surface area contributed by atoms with E-state index in [2.05, 4.69) is 0 Å². The molecule has 216 valence electrons. The molecule has 0 amide bonds. The summed E-state index contributed by atoms with van der Waals surface area (Å²) in [4.78, 5) is 38.6. The summed E-state index contributed by atoms with van der Waals surface area (Å²) < 4.78 is 89.3. The van der Waals surface area contributed by atoms with E-state index in [9.17, 15) is 40.7 Å². The monoisotopic (exact) mass is 622 g/mol. The van der Waals surface area contributed by atoms with Gasteiger partial charge in [-0.3, -0.25) is 4.79 Å². The fraction of sp³-hybridized carbons (Fsp3) is 0.0690. The van der Waals surface area contributed by atoms with Crippen molar-refractivity contribution in [2.75, 3.05) is 0 Å². The second-order valence-corrected chi connectivity index (χ2v) is 10.4. The van der Waals surface area contributed by atoms with Crippen molar-refractivity contribution >= 4 is 41.2 Å². The topological polar surface area (TPSA) is 69.7 Å². The highest BCUT2D eigenvalue weighted by atomic mass is 32.2. The zero-order valence-corrected chi connectivity index (χ0v) is 22.5. The fourth-order valence-corrected chi connectivity index (χ4v) is 4.94. The zero-order chi connectivity index (χ0) is 30.5. The number of thioether (sulfide) groups is 2. The Balaban J connectivity index is 1.77. The van der Waals surface area contributed by atoms with Gasteiger partial charge >= 0.3 is 23.0 Å². The SMILES string of the molecule is O=C(Oc1cccc(C(=O)c2ccccc2)c1OC(=O)c1ccccc1SC(F)(F)F)c1ccccc1SC(F)(F)F. The number of ether oxygens (including phenoxy) is 2. The van der Waals surface area contributed by atoms with Crippen LogP contribution < -0.4 is 9.47 Å². The first-order chi connectivity index (χ1) is 19.8. The third-order valence-electron chi connectivity index (χ3n) is 5.32. The van der Waals surface area contributed by atoms with Crippen LogP contribution in [-0.4, -0.2) is 28.7 Å². The van der Waals surface area contributed by atoms with Gasteiger partial charge < -0.3 is 9.47 Å². The minimum Gasteiger partial charge on any atom is -0.419 e. The number of carbonyl (C=O) groups excluding carboxylic acids is 3. The Kier molecular flexibility index (Phi) is 9.32. The van der Waals surface area contributed by atoms with Crippen molar-refractivity contribution in [2.24, 2.45) is 0 Å². The van der Waals surface area contributed by atoms with Gasteiger partial charge in [-0.15, -0.1) is 0 Å². The summed E-state index contributed by atoms with van der Waals surface area (Å²) in [6.07, 6.45) is 0. The predicted molar refractivity (Wildman–Crippen MR) is 143 cm³/mol. The van der Waals surface area contributed by atoms with Crippen molar-refractivity contribution in [3.8, 4) is 11.5 Å². The average Bonchev–Trinajstić information content (AvgIpc) is 2.93. The van der Waals surface area contributed by atoms with E-state index >= 15 is 0 Å². The van der Waals surface area contributed by atoms with Gasteiger partial charge in [0.05, 0.1) is 16.7 Å². The van der Waals surface area contributed by atoms with Gasteiger partial charge in [-0.1, -0.05) is 60.7 Å². The number of esters is 2. The Morgan fingerprint density at radius 2 is 0.976 bits per heavy atom. The van der Waals surface area contributed by atoms with Crippen LogP contribution >= 0.6 is 23.5 Å². The summed E-state index contributed by atoms with van der Waals surface area (Å²) in [5, 5.41) is 0. The Morgan fingerprint density at radius 1 is 0.524 bits per heavy atom. The largest absolute Gasteiger partial charge is 0.446 e. The van der Waals surface area contributed by atoms with Crippen LogP contribution in [0.2, 0.25) is 0 Å². The van der Waals surface area contributed by atoms with Crippen molar-refractivity contribution in [3.05, 3.63) is 119 Å². The van der Waals surface area contributed by atoms with E-state index in [1.54, 1.807) is 18.2 Å². The molecule has 5 nitrogen and oxygen atoms in total. The molecule has 0 atom stereocenters. The number of hydrogen-bond donors (Lipinski definition) is 0. The van der Waals surface area contributed by atoms with Crippen molar-refractivity contribution in [3.63, 3.8) is 0 Å². The number of carbonyl (C=O) groups is 3. The van der Waals surface area contributed by atoms with Gasteiger partial charge in [0.1, 0.15) is 0 Å². The molecule has 0 heterocycles. The van der Waals surface area contributed by atoms with Gasteiger partial charge in [0.15, 0.2) is 17.3 Å². The molecule has 0 radical (unpaired) electrons. The highest BCUT2D eigenvalue weighted by Gasteiger charge is 2.34. The van der Waals surface area contributed by atoms with Crippen molar-refractivity contribution < 1.29 is 50.2 Å². The summed E-state index contributed by atoms with van der Waals surface area (Å²) in [6, 6.07) is 20.7. The average molecular weight is 623 g/mol. The maximum absolute atomic E-state index is 13.3. The molecule has 0 N–H and O–H groups in total. The number of para-hydroxylation sites is 1. The van der Waals surface area contributed by atoms with Crippen LogP contribution in [0.4, 0.5) is 26.3 Å². The van der Waals surface area contributed by atoms with Crippen LogP contribution in [-0.2, 0) is 0 Å². The standard InChI is InChI=1S/C29H16F6O5S2/c30-28(31,32)41-22-15-6-4-11-18(22)26(37)39-21-14-8-13-20(24(36)17-9-2-1-3-10-17)25(21)40-27(38)19-12-5-7-16-23(19)42-29(33,34)35/h1-16H. The van der Waals surface area contributed by atoms with Crippen LogP contribution in [0.1, 0.15) is 36.6 Å². The number of halogens is 6. The summed E-state index contributed by atoms with van der Waals surface area (Å²) in [5.41, 5.74) is -10.6. The molecule has 13 heteroatoms. The first-order valence-electron chi connectivity index (χ1n) is 11.7. The first kappa shape index (κ1) is 30.7. The first-order valence-corrected chi connectivity index (χ1v) is 13.3. The van der Waals surface area contributed by atoms with Gasteiger partial charge in [-0.2, -0.15) is 26.3 Å². The van der Waals surface area contributed by atoms with Crippen LogP contribution in [0.3, 0.4) is 0 Å². The number of rotatable bonds is 8. The summed E-state index contributed by atoms with van der Waals surface area (Å²) >= 11 is -1.10. The van der Waals surface area contributed by atoms with Gasteiger partial charge in [-0.25, -0.2) is 9.59 Å². The van der Waals surface area contributed by atoms with Crippen LogP contribution in [0.5, 0.6) is 11.5 Å². The number of ketones is 1. The van der Waals surface area contributed by atoms with E-state index in [0.717, 1.165) is 30.3 Å². The molecule has 0 saturated carbocycles. The molecule has 0 aliphatic rings. The second-order valence-electron chi connectivity index (χ2n) is 8.19. The van der Waals surface area contributed by atoms with Crippen molar-refractivity contribution in [1.82, 2.24) is 0 Å². The second kappa shape index (κ2) is 12.7. The lowest BCUT2D eigenvalue weighted by Crippen LogP contribution is -2.17. The summed E-state index contributed by atoms with van der Waals surface area (Å²) in [5.74, 6) is -4.40. The minimum atomic E-state index is -4.74. The Hall–Kier alpha value is -4.23. The predicted octanol–water partition coefficient (Wildman–Crippen LogP) is 8.58. The third-order valence-corrected chi connectivity index (χ3v) is 6.94. The Morgan fingerprint density at radius 3 is 1.50 bits per heavy atom. The lowest BCUT2D eigenvalue weighted by atomic mass is 10.0. The van der Waals surface area contributed by atoms with Crippen LogP contribution in [0.15, 0.2) is 107 Å². The number of benzene rings is 4. The molecule has 42 heavy (non-hydrogen) atoms. The minimum absolute atomic E-state index is 0.137. The van der Waals surface area contributed by atoms with Crippen molar-refractivity contribution in [1.29, 1.82) is 0 Å². The van der Waals surface area contributed by atoms with Crippen LogP contribution in [0, 0.1) is 0 Å². The Bertz CT molecular complexity index is 1620. The van der Waals surface area contributed by atoms with Gasteiger partial charge in [0, 0.05) is 15.4 Å². The lowest BCUT2D eigenvalue weighted by molar-refractivity contribution is -0.0337. The van der Waals surface area contributed by atoms with Gasteiger partial charge in [-0.05, 0) is 59.9 Å². The Labute approximate surface area is 242 Å². The van der Waals surface area contributed by atoms with E-state index in [1.807, 2.05) is 0 Å². The molecule has 4 rings (SSSR count). The molecular weight excluding hydrogens is 606 g/mol. The van der Waals surface area contributed by atoms with E-state index in [-0.39, 0.29) is 11.1 Å². The molecule has 0 unspecified atom stereocenters. The molecule has 0 fully saturated rings. The maximum Gasteiger partial charge on any atom is 0.446 e. The lowest BCUT2D eigenvalue weighted by Gasteiger charge is -2.16. The number of hydrogen-bond acceptors (Lipinski definition) is 7. The highest BCUT2D eigenvalue weighted by molar-refractivity contribution is 8.00. The number of alkyl halides is 6. The maximum atomic E-state index is 13.3. The summed E-state index contributed by atoms with van der Waals surface area (Å²) in [6.45, 7) is 0. The quantitative estimate of drug-likeness (QED) is 0.0641. The fourth-order valence-electron chi connectivity index (χ4n) is 3.63. The normalized spacial score (nSPS) is 11.6. The molecule has 0 saturated heterocycles. The smallest absolute Gasteiger partial charge is 0.419 e. The summed E-state index contributed by atoms with van der Waals surface area (Å²) in [7, 11) is 0. The molecule has 0 spiro atoms. The van der Waals surface area contributed by atoms with Gasteiger partial charge in [0.2, 0.25) is 0 Å². The molecule has 0 aliphatic carbocycles. The molecule has 4 aromatic carbocycles. The molecule has 0 aromatic heterocycles. The highest BCUT2D eigenvalue weighted by Crippen LogP contribution is 2.41. The molecular formula is C29H16F6O5S2. The van der Waals surface area contributed by atoms with E-state index in [1.165, 1.54) is 48.5 Å². The van der Waals surface area contributed by atoms with Gasteiger partial charge in [0.25, 0.3) is 0 Å². The zero-order valence-electron chi connectivity index (χ0n) is 20.9. The molecule has 0 aliphatic heterocycles. The third kappa shape index (κ3) is 7.95. The van der Waals surface area contributed by atoms with Crippen LogP contribution in [0.25, 0.3) is 0 Å². The van der Waals surface area contributed by atoms with E-state index < -0.39 is 84.7 Å². The van der Waals surface area contributed by atoms with Crippen molar-refractivity contribution in [2.45, 2.75) is 20.8 Å². The van der Waals surface area contributed by atoms with E-state index in [4.69, 9.17) is 9.47 Å². The molecule has 4 aromatic rings.